The third-order valence-corrected chi connectivity index (χ3v) is 1.65. The Morgan fingerprint density at radius 1 is 1.15 bits per heavy atom. The summed E-state index contributed by atoms with van der Waals surface area (Å²) in [7, 11) is 7.53. The van der Waals surface area contributed by atoms with Crippen LogP contribution in [0.2, 0.25) is 0 Å². The molecule has 0 aliphatic carbocycles. The Bertz CT molecular complexity index is 262. The second-order valence-electron chi connectivity index (χ2n) is 2.83. The van der Waals surface area contributed by atoms with Gasteiger partial charge in [0.1, 0.15) is 11.6 Å². The molecule has 0 aromatic carbocycles. The summed E-state index contributed by atoms with van der Waals surface area (Å²) in [6.45, 7) is 0. The predicted octanol–water partition coefficient (Wildman–Crippen LogP) is 0.626. The van der Waals surface area contributed by atoms with Crippen LogP contribution in [0.1, 0.15) is 0 Å². The average molecular weight is 181 g/mol. The van der Waals surface area contributed by atoms with Gasteiger partial charge in [0, 0.05) is 34.3 Å². The Morgan fingerprint density at radius 2 is 1.85 bits per heavy atom. The second kappa shape index (κ2) is 3.93. The molecule has 0 unspecified atom stereocenters. The molecule has 13 heavy (non-hydrogen) atoms. The summed E-state index contributed by atoms with van der Waals surface area (Å²) in [5.74, 6) is 2.31. The molecule has 72 valence electrons. The Morgan fingerprint density at radius 3 is 2.31 bits per heavy atom. The number of rotatable bonds is 3. The third kappa shape index (κ3) is 2.21. The van der Waals surface area contributed by atoms with Crippen LogP contribution in [0.5, 0.6) is 0 Å². The van der Waals surface area contributed by atoms with Gasteiger partial charge in [-0.2, -0.15) is 9.97 Å². The molecule has 2 N–H and O–H groups in total. The quantitative estimate of drug-likeness (QED) is 0.716. The predicted molar refractivity (Wildman–Crippen MR) is 55.5 cm³/mol. The lowest BCUT2D eigenvalue weighted by molar-refractivity contribution is 1.04. The van der Waals surface area contributed by atoms with E-state index in [1.807, 2.05) is 32.1 Å². The van der Waals surface area contributed by atoms with Crippen molar-refractivity contribution in [1.29, 1.82) is 0 Å². The van der Waals surface area contributed by atoms with Crippen molar-refractivity contribution in [3.8, 4) is 0 Å². The van der Waals surface area contributed by atoms with E-state index in [0.29, 0.717) is 5.95 Å². The first-order valence-electron chi connectivity index (χ1n) is 4.09. The maximum atomic E-state index is 4.26. The standard InChI is InChI=1S/C8H15N5/c1-9-6-5-7(13(3)4)12-8(10-2)11-6/h5H,1-4H3,(H2,9,10,11,12). The summed E-state index contributed by atoms with van der Waals surface area (Å²) >= 11 is 0. The fraction of sp³-hybridized carbons (Fsp3) is 0.500. The van der Waals surface area contributed by atoms with Crippen molar-refractivity contribution in [2.24, 2.45) is 0 Å². The van der Waals surface area contributed by atoms with Crippen molar-refractivity contribution in [2.75, 3.05) is 43.7 Å². The van der Waals surface area contributed by atoms with E-state index in [0.717, 1.165) is 11.6 Å². The number of aromatic nitrogens is 2. The molecule has 1 rings (SSSR count). The van der Waals surface area contributed by atoms with Gasteiger partial charge in [0.05, 0.1) is 0 Å². The molecule has 0 saturated carbocycles. The van der Waals surface area contributed by atoms with Crippen molar-refractivity contribution in [3.63, 3.8) is 0 Å². The third-order valence-electron chi connectivity index (χ3n) is 1.65. The van der Waals surface area contributed by atoms with E-state index in [1.165, 1.54) is 0 Å². The minimum atomic E-state index is 0.621. The number of nitrogens with zero attached hydrogens (tertiary/aromatic N) is 3. The van der Waals surface area contributed by atoms with Crippen molar-refractivity contribution in [1.82, 2.24) is 9.97 Å². The van der Waals surface area contributed by atoms with E-state index in [4.69, 9.17) is 0 Å². The molecule has 5 nitrogen and oxygen atoms in total. The van der Waals surface area contributed by atoms with E-state index < -0.39 is 0 Å². The monoisotopic (exact) mass is 181 g/mol. The van der Waals surface area contributed by atoms with E-state index in [1.54, 1.807) is 7.05 Å². The first-order chi connectivity index (χ1) is 6.17. The lowest BCUT2D eigenvalue weighted by atomic mass is 10.5. The van der Waals surface area contributed by atoms with Crippen molar-refractivity contribution >= 4 is 17.6 Å². The minimum absolute atomic E-state index is 0.621. The summed E-state index contributed by atoms with van der Waals surface area (Å²) in [5.41, 5.74) is 0. The molecule has 0 spiro atoms. The van der Waals surface area contributed by atoms with Crippen molar-refractivity contribution in [3.05, 3.63) is 6.07 Å². The van der Waals surface area contributed by atoms with Crippen LogP contribution >= 0.6 is 0 Å². The molecule has 0 bridgehead atoms. The van der Waals surface area contributed by atoms with Gasteiger partial charge in [-0.05, 0) is 0 Å². The zero-order valence-electron chi connectivity index (χ0n) is 8.42. The Hall–Kier alpha value is -1.52. The first kappa shape index (κ1) is 9.57. The summed E-state index contributed by atoms with van der Waals surface area (Å²) in [6, 6.07) is 1.89. The maximum absolute atomic E-state index is 4.26. The highest BCUT2D eigenvalue weighted by Crippen LogP contribution is 2.14. The first-order valence-corrected chi connectivity index (χ1v) is 4.09. The van der Waals surface area contributed by atoms with E-state index in [-0.39, 0.29) is 0 Å². The zero-order valence-corrected chi connectivity index (χ0v) is 8.42. The maximum Gasteiger partial charge on any atom is 0.226 e. The highest BCUT2D eigenvalue weighted by molar-refractivity contribution is 5.52. The summed E-state index contributed by atoms with van der Waals surface area (Å²) < 4.78 is 0. The van der Waals surface area contributed by atoms with Crippen LogP contribution in [0.3, 0.4) is 0 Å². The average Bonchev–Trinajstić information content (AvgIpc) is 2.16. The van der Waals surface area contributed by atoms with Crippen LogP contribution in [-0.4, -0.2) is 38.2 Å². The topological polar surface area (TPSA) is 53.1 Å². The molecular weight excluding hydrogens is 166 g/mol. The van der Waals surface area contributed by atoms with E-state index in [2.05, 4.69) is 20.6 Å². The van der Waals surface area contributed by atoms with Gasteiger partial charge in [0.2, 0.25) is 5.95 Å². The Kier molecular flexibility index (Phi) is 2.89. The fourth-order valence-electron chi connectivity index (χ4n) is 0.903. The van der Waals surface area contributed by atoms with Gasteiger partial charge < -0.3 is 15.5 Å². The SMILES string of the molecule is CNc1cc(N(C)C)nc(NC)n1. The van der Waals surface area contributed by atoms with E-state index in [9.17, 15) is 0 Å². The number of anilines is 3. The second-order valence-corrected chi connectivity index (χ2v) is 2.83. The molecule has 0 aliphatic rings. The molecule has 0 fully saturated rings. The summed E-state index contributed by atoms with van der Waals surface area (Å²) in [4.78, 5) is 10.4. The van der Waals surface area contributed by atoms with Gasteiger partial charge >= 0.3 is 0 Å². The van der Waals surface area contributed by atoms with Gasteiger partial charge in [0.25, 0.3) is 0 Å². The van der Waals surface area contributed by atoms with Gasteiger partial charge in [-0.15, -0.1) is 0 Å². The van der Waals surface area contributed by atoms with Gasteiger partial charge in [-0.1, -0.05) is 0 Å². The molecule has 5 heteroatoms. The summed E-state index contributed by atoms with van der Waals surface area (Å²) in [5, 5.41) is 5.89. The highest BCUT2D eigenvalue weighted by atomic mass is 15.2. The van der Waals surface area contributed by atoms with E-state index >= 15 is 0 Å². The fourth-order valence-corrected chi connectivity index (χ4v) is 0.903. The molecule has 0 saturated heterocycles. The van der Waals surface area contributed by atoms with Gasteiger partial charge in [-0.3, -0.25) is 0 Å². The lowest BCUT2D eigenvalue weighted by Crippen LogP contribution is -2.13. The highest BCUT2D eigenvalue weighted by Gasteiger charge is 2.02. The summed E-state index contributed by atoms with van der Waals surface area (Å²) in [6.07, 6.45) is 0. The minimum Gasteiger partial charge on any atom is -0.373 e. The smallest absolute Gasteiger partial charge is 0.226 e. The Balaban J connectivity index is 3.07. The molecule has 0 amide bonds. The van der Waals surface area contributed by atoms with Crippen LogP contribution in [0, 0.1) is 0 Å². The van der Waals surface area contributed by atoms with Gasteiger partial charge in [0.15, 0.2) is 0 Å². The van der Waals surface area contributed by atoms with Crippen molar-refractivity contribution < 1.29 is 0 Å². The van der Waals surface area contributed by atoms with Crippen LogP contribution < -0.4 is 15.5 Å². The van der Waals surface area contributed by atoms with Crippen LogP contribution in [-0.2, 0) is 0 Å². The molecule has 1 heterocycles. The molecule has 1 aromatic rings. The molecule has 0 radical (unpaired) electrons. The molecule has 1 aromatic heterocycles. The number of nitrogens with one attached hydrogen (secondary N) is 2. The van der Waals surface area contributed by atoms with Crippen LogP contribution in [0.4, 0.5) is 17.6 Å². The molecule has 0 atom stereocenters. The molecular formula is C8H15N5. The largest absolute Gasteiger partial charge is 0.373 e. The zero-order chi connectivity index (χ0) is 9.84. The number of hydrogen-bond donors (Lipinski definition) is 2. The normalized spacial score (nSPS) is 9.54. The van der Waals surface area contributed by atoms with Gasteiger partial charge in [-0.25, -0.2) is 0 Å². The Labute approximate surface area is 78.2 Å². The lowest BCUT2D eigenvalue weighted by Gasteiger charge is -2.13. The van der Waals surface area contributed by atoms with Crippen LogP contribution in [0.25, 0.3) is 0 Å². The molecule has 0 aliphatic heterocycles. The van der Waals surface area contributed by atoms with Crippen molar-refractivity contribution in [2.45, 2.75) is 0 Å². The number of hydrogen-bond acceptors (Lipinski definition) is 5. The van der Waals surface area contributed by atoms with Crippen LogP contribution in [0.15, 0.2) is 6.07 Å².